The van der Waals surface area contributed by atoms with Crippen molar-refractivity contribution in [2.75, 3.05) is 5.32 Å². The van der Waals surface area contributed by atoms with Crippen LogP contribution in [-0.4, -0.2) is 6.30 Å². The summed E-state index contributed by atoms with van der Waals surface area (Å²) in [4.78, 5) is 0. The molecule has 0 amide bonds. The number of halogens is 1. The van der Waals surface area contributed by atoms with E-state index in [9.17, 15) is 4.39 Å². The van der Waals surface area contributed by atoms with Crippen LogP contribution in [0.3, 0.4) is 0 Å². The average Bonchev–Trinajstić information content (AvgIpc) is 2.06. The molecular formula is C12H16FN. The van der Waals surface area contributed by atoms with Crippen LogP contribution in [0.15, 0.2) is 36.4 Å². The highest BCUT2D eigenvalue weighted by molar-refractivity contribution is 5.45. The summed E-state index contributed by atoms with van der Waals surface area (Å²) < 4.78 is 12.6. The Kier molecular flexibility index (Phi) is 3.69. The van der Waals surface area contributed by atoms with Gasteiger partial charge in [0.05, 0.1) is 0 Å². The Balaban J connectivity index is 2.63. The van der Waals surface area contributed by atoms with E-state index in [2.05, 4.69) is 11.9 Å². The standard InChI is InChI=1S/C12H16FN/c1-9(2)8-11-4-6-12(7-5-11)14-10(3)13/h4-7,10,14H,1,8H2,2-3H3. The molecule has 1 aromatic carbocycles. The molecule has 1 unspecified atom stereocenters. The van der Waals surface area contributed by atoms with Crippen molar-refractivity contribution in [1.29, 1.82) is 0 Å². The third-order valence-electron chi connectivity index (χ3n) is 1.83. The summed E-state index contributed by atoms with van der Waals surface area (Å²) in [5, 5.41) is 2.70. The molecule has 0 radical (unpaired) electrons. The van der Waals surface area contributed by atoms with Crippen LogP contribution in [0.2, 0.25) is 0 Å². The summed E-state index contributed by atoms with van der Waals surface area (Å²) in [5.74, 6) is 0. The predicted molar refractivity (Wildman–Crippen MR) is 59.2 cm³/mol. The van der Waals surface area contributed by atoms with Crippen LogP contribution in [0, 0.1) is 0 Å². The maximum atomic E-state index is 12.6. The molecule has 0 heterocycles. The van der Waals surface area contributed by atoms with Gasteiger partial charge in [0.25, 0.3) is 0 Å². The van der Waals surface area contributed by atoms with Gasteiger partial charge in [-0.2, -0.15) is 0 Å². The van der Waals surface area contributed by atoms with E-state index < -0.39 is 6.30 Å². The van der Waals surface area contributed by atoms with Crippen molar-refractivity contribution in [3.63, 3.8) is 0 Å². The van der Waals surface area contributed by atoms with Crippen LogP contribution in [0.5, 0.6) is 0 Å². The second-order valence-electron chi connectivity index (χ2n) is 3.59. The van der Waals surface area contributed by atoms with Crippen LogP contribution in [0.4, 0.5) is 10.1 Å². The van der Waals surface area contributed by atoms with Gasteiger partial charge in [-0.1, -0.05) is 24.3 Å². The molecule has 0 saturated heterocycles. The maximum absolute atomic E-state index is 12.6. The number of nitrogens with one attached hydrogen (secondary N) is 1. The average molecular weight is 193 g/mol. The molecule has 0 aliphatic rings. The minimum Gasteiger partial charge on any atom is -0.356 e. The first kappa shape index (κ1) is 10.8. The summed E-state index contributed by atoms with van der Waals surface area (Å²) >= 11 is 0. The van der Waals surface area contributed by atoms with E-state index in [4.69, 9.17) is 0 Å². The first-order valence-corrected chi connectivity index (χ1v) is 4.72. The Bertz CT molecular complexity index is 301. The van der Waals surface area contributed by atoms with E-state index in [0.29, 0.717) is 0 Å². The fourth-order valence-corrected chi connectivity index (χ4v) is 1.30. The molecule has 1 nitrogen and oxygen atoms in total. The molecule has 0 bridgehead atoms. The molecule has 0 saturated carbocycles. The number of rotatable bonds is 4. The molecule has 2 heteroatoms. The molecule has 0 aliphatic carbocycles. The van der Waals surface area contributed by atoms with E-state index >= 15 is 0 Å². The van der Waals surface area contributed by atoms with E-state index in [1.807, 2.05) is 31.2 Å². The third kappa shape index (κ3) is 3.60. The van der Waals surface area contributed by atoms with Crippen LogP contribution in [0.1, 0.15) is 19.4 Å². The fourth-order valence-electron chi connectivity index (χ4n) is 1.30. The van der Waals surface area contributed by atoms with Gasteiger partial charge >= 0.3 is 0 Å². The Hall–Kier alpha value is -1.31. The Morgan fingerprint density at radius 2 is 2.00 bits per heavy atom. The predicted octanol–water partition coefficient (Wildman–Crippen LogP) is 3.53. The highest BCUT2D eigenvalue weighted by Gasteiger charge is 1.98. The van der Waals surface area contributed by atoms with Crippen LogP contribution in [0.25, 0.3) is 0 Å². The number of anilines is 1. The molecule has 0 aromatic heterocycles. The van der Waals surface area contributed by atoms with E-state index in [1.54, 1.807) is 0 Å². The zero-order valence-electron chi connectivity index (χ0n) is 8.68. The van der Waals surface area contributed by atoms with Crippen molar-refractivity contribution >= 4 is 5.69 Å². The lowest BCUT2D eigenvalue weighted by molar-refractivity contribution is 0.402. The van der Waals surface area contributed by atoms with Crippen molar-refractivity contribution in [2.24, 2.45) is 0 Å². The van der Waals surface area contributed by atoms with Crippen molar-refractivity contribution in [2.45, 2.75) is 26.6 Å². The Morgan fingerprint density at radius 3 is 2.43 bits per heavy atom. The summed E-state index contributed by atoms with van der Waals surface area (Å²) in [6, 6.07) is 7.74. The lowest BCUT2D eigenvalue weighted by Gasteiger charge is -2.07. The van der Waals surface area contributed by atoms with Gasteiger partial charge in [-0.25, -0.2) is 4.39 Å². The Labute approximate surface area is 84.6 Å². The maximum Gasteiger partial charge on any atom is 0.167 e. The van der Waals surface area contributed by atoms with Gasteiger partial charge in [0, 0.05) is 5.69 Å². The van der Waals surface area contributed by atoms with Gasteiger partial charge in [0.1, 0.15) is 0 Å². The minimum absolute atomic E-state index is 0.811. The number of alkyl halides is 1. The van der Waals surface area contributed by atoms with Gasteiger partial charge in [-0.05, 0) is 38.0 Å². The molecule has 1 atom stereocenters. The Morgan fingerprint density at radius 1 is 1.43 bits per heavy atom. The summed E-state index contributed by atoms with van der Waals surface area (Å²) in [7, 11) is 0. The first-order valence-electron chi connectivity index (χ1n) is 4.72. The van der Waals surface area contributed by atoms with Crippen molar-refractivity contribution in [3.05, 3.63) is 42.0 Å². The van der Waals surface area contributed by atoms with Crippen molar-refractivity contribution in [1.82, 2.24) is 0 Å². The zero-order valence-corrected chi connectivity index (χ0v) is 8.68. The van der Waals surface area contributed by atoms with Crippen molar-refractivity contribution in [3.8, 4) is 0 Å². The number of allylic oxidation sites excluding steroid dienone is 1. The first-order chi connectivity index (χ1) is 6.58. The summed E-state index contributed by atoms with van der Waals surface area (Å²) in [6.45, 7) is 7.32. The summed E-state index contributed by atoms with van der Waals surface area (Å²) in [5.41, 5.74) is 3.14. The topological polar surface area (TPSA) is 12.0 Å². The molecule has 0 fully saturated rings. The van der Waals surface area contributed by atoms with E-state index in [0.717, 1.165) is 17.7 Å². The lowest BCUT2D eigenvalue weighted by atomic mass is 10.1. The van der Waals surface area contributed by atoms with Gasteiger partial charge in [0.15, 0.2) is 6.30 Å². The minimum atomic E-state index is -1.01. The molecule has 1 N–H and O–H groups in total. The number of benzene rings is 1. The largest absolute Gasteiger partial charge is 0.356 e. The summed E-state index contributed by atoms with van der Waals surface area (Å²) in [6.07, 6.45) is -0.132. The smallest absolute Gasteiger partial charge is 0.167 e. The second-order valence-corrected chi connectivity index (χ2v) is 3.59. The molecule has 14 heavy (non-hydrogen) atoms. The lowest BCUT2D eigenvalue weighted by Crippen LogP contribution is -2.07. The quantitative estimate of drug-likeness (QED) is 0.569. The molecule has 1 rings (SSSR count). The van der Waals surface area contributed by atoms with Gasteiger partial charge in [-0.3, -0.25) is 0 Å². The molecule has 76 valence electrons. The zero-order chi connectivity index (χ0) is 10.6. The number of hydrogen-bond donors (Lipinski definition) is 1. The molecular weight excluding hydrogens is 177 g/mol. The highest BCUT2D eigenvalue weighted by atomic mass is 19.1. The van der Waals surface area contributed by atoms with Gasteiger partial charge in [-0.15, -0.1) is 0 Å². The van der Waals surface area contributed by atoms with Crippen LogP contribution < -0.4 is 5.32 Å². The molecule has 1 aromatic rings. The third-order valence-corrected chi connectivity index (χ3v) is 1.83. The SMILES string of the molecule is C=C(C)Cc1ccc(NC(C)F)cc1. The molecule has 0 aliphatic heterocycles. The van der Waals surface area contributed by atoms with Gasteiger partial charge in [0.2, 0.25) is 0 Å². The highest BCUT2D eigenvalue weighted by Crippen LogP contribution is 2.13. The fraction of sp³-hybridized carbons (Fsp3) is 0.333. The van der Waals surface area contributed by atoms with Crippen LogP contribution >= 0.6 is 0 Å². The van der Waals surface area contributed by atoms with Crippen molar-refractivity contribution < 1.29 is 4.39 Å². The normalized spacial score (nSPS) is 12.2. The second kappa shape index (κ2) is 4.80. The van der Waals surface area contributed by atoms with E-state index in [1.165, 1.54) is 12.5 Å². The number of hydrogen-bond acceptors (Lipinski definition) is 1. The van der Waals surface area contributed by atoms with E-state index in [-0.39, 0.29) is 0 Å². The van der Waals surface area contributed by atoms with Gasteiger partial charge < -0.3 is 5.32 Å². The van der Waals surface area contributed by atoms with Crippen LogP contribution in [-0.2, 0) is 6.42 Å². The monoisotopic (exact) mass is 193 g/mol. The molecule has 0 spiro atoms.